The van der Waals surface area contributed by atoms with E-state index < -0.39 is 0 Å². The highest BCUT2D eigenvalue weighted by Gasteiger charge is 2.08. The molecule has 0 bridgehead atoms. The standard InChI is InChI=1S/C18H25N3/c1-4-19-12-16-10-11-17(20-13-16)14-21(5-2)18-9-7-6-8-15(18)3/h6-11,13,19H,4-5,12,14H2,1-3H3. The number of nitrogens with one attached hydrogen (secondary N) is 1. The van der Waals surface area contributed by atoms with Crippen molar-refractivity contribution in [3.63, 3.8) is 0 Å². The van der Waals surface area contributed by atoms with Gasteiger partial charge in [-0.2, -0.15) is 0 Å². The topological polar surface area (TPSA) is 28.2 Å². The number of hydrogen-bond donors (Lipinski definition) is 1. The van der Waals surface area contributed by atoms with E-state index in [1.165, 1.54) is 16.8 Å². The van der Waals surface area contributed by atoms with Crippen LogP contribution >= 0.6 is 0 Å². The highest BCUT2D eigenvalue weighted by Crippen LogP contribution is 2.20. The predicted octanol–water partition coefficient (Wildman–Crippen LogP) is 3.53. The van der Waals surface area contributed by atoms with E-state index in [0.717, 1.165) is 31.9 Å². The number of pyridine rings is 1. The van der Waals surface area contributed by atoms with Gasteiger partial charge in [0.05, 0.1) is 12.2 Å². The first-order valence-corrected chi connectivity index (χ1v) is 7.69. The average molecular weight is 283 g/mol. The van der Waals surface area contributed by atoms with Gasteiger partial charge in [-0.15, -0.1) is 0 Å². The molecule has 1 aromatic carbocycles. The molecule has 0 fully saturated rings. The summed E-state index contributed by atoms with van der Waals surface area (Å²) in [5.41, 5.74) is 4.95. The lowest BCUT2D eigenvalue weighted by Gasteiger charge is -2.24. The lowest BCUT2D eigenvalue weighted by atomic mass is 10.1. The molecule has 0 atom stereocenters. The second-order valence-corrected chi connectivity index (χ2v) is 5.24. The highest BCUT2D eigenvalue weighted by atomic mass is 15.1. The molecule has 112 valence electrons. The van der Waals surface area contributed by atoms with Gasteiger partial charge in [0.25, 0.3) is 0 Å². The third kappa shape index (κ3) is 4.30. The van der Waals surface area contributed by atoms with E-state index >= 15 is 0 Å². The minimum atomic E-state index is 0.850. The molecule has 0 saturated heterocycles. The van der Waals surface area contributed by atoms with Crippen LogP contribution in [0.5, 0.6) is 0 Å². The summed E-state index contributed by atoms with van der Waals surface area (Å²) in [5.74, 6) is 0. The van der Waals surface area contributed by atoms with Crippen LogP contribution in [0.2, 0.25) is 0 Å². The first-order chi connectivity index (χ1) is 10.2. The zero-order chi connectivity index (χ0) is 15.1. The Morgan fingerprint density at radius 1 is 1.10 bits per heavy atom. The van der Waals surface area contributed by atoms with Gasteiger partial charge >= 0.3 is 0 Å². The molecule has 0 spiro atoms. The van der Waals surface area contributed by atoms with Gasteiger partial charge in [0.15, 0.2) is 0 Å². The van der Waals surface area contributed by atoms with Crippen LogP contribution in [0.15, 0.2) is 42.6 Å². The molecule has 0 unspecified atom stereocenters. The van der Waals surface area contributed by atoms with Crippen LogP contribution in [0.3, 0.4) is 0 Å². The van der Waals surface area contributed by atoms with Crippen LogP contribution < -0.4 is 10.2 Å². The van der Waals surface area contributed by atoms with Gasteiger partial charge in [-0.05, 0) is 43.7 Å². The van der Waals surface area contributed by atoms with Crippen molar-refractivity contribution in [2.75, 3.05) is 18.0 Å². The Morgan fingerprint density at radius 2 is 1.90 bits per heavy atom. The van der Waals surface area contributed by atoms with Crippen LogP contribution in [0, 0.1) is 6.92 Å². The summed E-state index contributed by atoms with van der Waals surface area (Å²) in [6, 6.07) is 12.8. The van der Waals surface area contributed by atoms with Crippen molar-refractivity contribution in [1.82, 2.24) is 10.3 Å². The van der Waals surface area contributed by atoms with E-state index in [9.17, 15) is 0 Å². The molecule has 1 aromatic heterocycles. The monoisotopic (exact) mass is 283 g/mol. The van der Waals surface area contributed by atoms with E-state index in [0.29, 0.717) is 0 Å². The number of nitrogens with zero attached hydrogens (tertiary/aromatic N) is 2. The molecule has 0 saturated carbocycles. The molecule has 0 aliphatic carbocycles. The van der Waals surface area contributed by atoms with Crippen LogP contribution in [0.25, 0.3) is 0 Å². The fourth-order valence-corrected chi connectivity index (χ4v) is 2.40. The fraction of sp³-hybridized carbons (Fsp3) is 0.389. The van der Waals surface area contributed by atoms with Gasteiger partial charge in [0.2, 0.25) is 0 Å². The quantitative estimate of drug-likeness (QED) is 0.842. The van der Waals surface area contributed by atoms with E-state index in [1.807, 2.05) is 6.20 Å². The summed E-state index contributed by atoms with van der Waals surface area (Å²) in [5, 5.41) is 3.32. The Kier molecular flexibility index (Phi) is 5.76. The van der Waals surface area contributed by atoms with E-state index in [-0.39, 0.29) is 0 Å². The highest BCUT2D eigenvalue weighted by molar-refractivity contribution is 5.53. The Morgan fingerprint density at radius 3 is 2.52 bits per heavy atom. The first-order valence-electron chi connectivity index (χ1n) is 7.69. The molecule has 1 N–H and O–H groups in total. The summed E-state index contributed by atoms with van der Waals surface area (Å²) >= 11 is 0. The van der Waals surface area contributed by atoms with E-state index in [2.05, 4.69) is 72.4 Å². The molecular formula is C18H25N3. The third-order valence-corrected chi connectivity index (χ3v) is 3.66. The zero-order valence-electron chi connectivity index (χ0n) is 13.3. The van der Waals surface area contributed by atoms with Gasteiger partial charge < -0.3 is 10.2 Å². The molecule has 0 amide bonds. The maximum absolute atomic E-state index is 4.59. The van der Waals surface area contributed by atoms with Crippen LogP contribution in [0.1, 0.15) is 30.7 Å². The molecule has 3 heteroatoms. The number of para-hydroxylation sites is 1. The predicted molar refractivity (Wildman–Crippen MR) is 89.5 cm³/mol. The lowest BCUT2D eigenvalue weighted by Crippen LogP contribution is -2.23. The number of aromatic nitrogens is 1. The largest absolute Gasteiger partial charge is 0.366 e. The van der Waals surface area contributed by atoms with E-state index in [4.69, 9.17) is 0 Å². The van der Waals surface area contributed by atoms with E-state index in [1.54, 1.807) is 0 Å². The average Bonchev–Trinajstić information content (AvgIpc) is 2.52. The van der Waals surface area contributed by atoms with Crippen molar-refractivity contribution in [2.24, 2.45) is 0 Å². The van der Waals surface area contributed by atoms with Crippen molar-refractivity contribution < 1.29 is 0 Å². The SMILES string of the molecule is CCNCc1ccc(CN(CC)c2ccccc2C)nc1. The molecule has 2 aromatic rings. The number of hydrogen-bond acceptors (Lipinski definition) is 3. The molecule has 0 aliphatic heterocycles. The minimum Gasteiger partial charge on any atom is -0.366 e. The summed E-state index contributed by atoms with van der Waals surface area (Å²) in [6.45, 7) is 10.2. The summed E-state index contributed by atoms with van der Waals surface area (Å²) < 4.78 is 0. The van der Waals surface area contributed by atoms with Crippen LogP contribution in [0.4, 0.5) is 5.69 Å². The van der Waals surface area contributed by atoms with Crippen LogP contribution in [-0.2, 0) is 13.1 Å². The molecule has 0 radical (unpaired) electrons. The second-order valence-electron chi connectivity index (χ2n) is 5.24. The Balaban J connectivity index is 2.07. The Bertz CT molecular complexity index is 549. The van der Waals surface area contributed by atoms with Gasteiger partial charge in [-0.1, -0.05) is 31.2 Å². The minimum absolute atomic E-state index is 0.850. The Labute approximate surface area is 128 Å². The van der Waals surface area contributed by atoms with Crippen molar-refractivity contribution >= 4 is 5.69 Å². The summed E-state index contributed by atoms with van der Waals surface area (Å²) in [6.07, 6.45) is 1.98. The number of anilines is 1. The lowest BCUT2D eigenvalue weighted by molar-refractivity contribution is 0.721. The normalized spacial score (nSPS) is 10.6. The van der Waals surface area contributed by atoms with Crippen molar-refractivity contribution in [2.45, 2.75) is 33.9 Å². The molecule has 21 heavy (non-hydrogen) atoms. The van der Waals surface area contributed by atoms with Gasteiger partial charge in [-0.3, -0.25) is 4.98 Å². The van der Waals surface area contributed by atoms with Gasteiger partial charge in [-0.25, -0.2) is 0 Å². The maximum Gasteiger partial charge on any atom is 0.0602 e. The van der Waals surface area contributed by atoms with Gasteiger partial charge in [0.1, 0.15) is 0 Å². The fourth-order valence-electron chi connectivity index (χ4n) is 2.40. The molecule has 3 nitrogen and oxygen atoms in total. The van der Waals surface area contributed by atoms with Crippen molar-refractivity contribution in [1.29, 1.82) is 0 Å². The zero-order valence-corrected chi connectivity index (χ0v) is 13.3. The van der Waals surface area contributed by atoms with Gasteiger partial charge in [0, 0.05) is 25.0 Å². The molecule has 1 heterocycles. The third-order valence-electron chi connectivity index (χ3n) is 3.66. The number of rotatable bonds is 7. The number of aryl methyl sites for hydroxylation is 1. The molecule has 2 rings (SSSR count). The molecular weight excluding hydrogens is 258 g/mol. The number of benzene rings is 1. The molecule has 0 aliphatic rings. The summed E-state index contributed by atoms with van der Waals surface area (Å²) in [7, 11) is 0. The maximum atomic E-state index is 4.59. The van der Waals surface area contributed by atoms with Crippen molar-refractivity contribution in [3.05, 3.63) is 59.4 Å². The summed E-state index contributed by atoms with van der Waals surface area (Å²) in [4.78, 5) is 6.96. The Hall–Kier alpha value is -1.87. The first kappa shape index (κ1) is 15.5. The smallest absolute Gasteiger partial charge is 0.0602 e. The van der Waals surface area contributed by atoms with Crippen molar-refractivity contribution in [3.8, 4) is 0 Å². The van der Waals surface area contributed by atoms with Crippen LogP contribution in [-0.4, -0.2) is 18.1 Å². The second kappa shape index (κ2) is 7.79.